The SMILES string of the molecule is O=C(O)C1(CNS(=O)(=O)c2ccc(F)cc2)CCCC1. The molecule has 0 aliphatic heterocycles. The van der Waals surface area contributed by atoms with Crippen LogP contribution in [0, 0.1) is 11.2 Å². The third kappa shape index (κ3) is 2.99. The minimum absolute atomic E-state index is 0.0718. The van der Waals surface area contributed by atoms with E-state index in [1.54, 1.807) is 0 Å². The molecule has 1 aliphatic rings. The van der Waals surface area contributed by atoms with Gasteiger partial charge in [0, 0.05) is 6.54 Å². The second-order valence-corrected chi connectivity index (χ2v) is 6.84. The topological polar surface area (TPSA) is 83.5 Å². The molecular formula is C13H16FNO4S. The van der Waals surface area contributed by atoms with Crippen LogP contribution in [0.15, 0.2) is 29.2 Å². The Morgan fingerprint density at radius 1 is 1.25 bits per heavy atom. The molecule has 1 aromatic carbocycles. The number of hydrogen-bond donors (Lipinski definition) is 2. The first-order valence-electron chi connectivity index (χ1n) is 6.34. The van der Waals surface area contributed by atoms with Crippen molar-refractivity contribution in [3.63, 3.8) is 0 Å². The predicted molar refractivity (Wildman–Crippen MR) is 70.1 cm³/mol. The summed E-state index contributed by atoms with van der Waals surface area (Å²) in [7, 11) is -3.82. The van der Waals surface area contributed by atoms with Crippen LogP contribution < -0.4 is 4.72 Å². The average molecular weight is 301 g/mol. The van der Waals surface area contributed by atoms with Gasteiger partial charge in [0.15, 0.2) is 0 Å². The fraction of sp³-hybridized carbons (Fsp3) is 0.462. The Morgan fingerprint density at radius 3 is 2.30 bits per heavy atom. The summed E-state index contributed by atoms with van der Waals surface area (Å²) in [6, 6.07) is 4.41. The third-order valence-electron chi connectivity index (χ3n) is 3.74. The van der Waals surface area contributed by atoms with Gasteiger partial charge in [0.05, 0.1) is 10.3 Å². The standard InChI is InChI=1S/C13H16FNO4S/c14-10-3-5-11(6-4-10)20(18,19)15-9-13(12(16)17)7-1-2-8-13/h3-6,15H,1-2,7-9H2,(H,16,17). The Morgan fingerprint density at radius 2 is 1.80 bits per heavy atom. The fourth-order valence-corrected chi connectivity index (χ4v) is 3.58. The molecule has 5 nitrogen and oxygen atoms in total. The van der Waals surface area contributed by atoms with E-state index in [1.807, 2.05) is 0 Å². The van der Waals surface area contributed by atoms with E-state index < -0.39 is 27.2 Å². The van der Waals surface area contributed by atoms with Crippen molar-refractivity contribution in [1.29, 1.82) is 0 Å². The van der Waals surface area contributed by atoms with Crippen molar-refractivity contribution >= 4 is 16.0 Å². The number of sulfonamides is 1. The number of aliphatic carboxylic acids is 1. The quantitative estimate of drug-likeness (QED) is 0.868. The number of nitrogens with one attached hydrogen (secondary N) is 1. The molecule has 0 heterocycles. The van der Waals surface area contributed by atoms with Crippen molar-refractivity contribution in [2.24, 2.45) is 5.41 Å². The summed E-state index contributed by atoms with van der Waals surface area (Å²) >= 11 is 0. The highest BCUT2D eigenvalue weighted by molar-refractivity contribution is 7.89. The lowest BCUT2D eigenvalue weighted by atomic mass is 9.87. The van der Waals surface area contributed by atoms with Gasteiger partial charge in [0.25, 0.3) is 0 Å². The molecule has 1 aromatic rings. The van der Waals surface area contributed by atoms with Gasteiger partial charge < -0.3 is 5.11 Å². The molecule has 0 bridgehead atoms. The van der Waals surface area contributed by atoms with Crippen LogP contribution >= 0.6 is 0 Å². The highest BCUT2D eigenvalue weighted by atomic mass is 32.2. The van der Waals surface area contributed by atoms with Crippen molar-refractivity contribution in [2.45, 2.75) is 30.6 Å². The Labute approximate surface area is 116 Å². The maximum atomic E-state index is 12.8. The summed E-state index contributed by atoms with van der Waals surface area (Å²) in [4.78, 5) is 11.3. The van der Waals surface area contributed by atoms with Gasteiger partial charge in [-0.05, 0) is 37.1 Å². The lowest BCUT2D eigenvalue weighted by Gasteiger charge is -2.23. The highest BCUT2D eigenvalue weighted by Gasteiger charge is 2.42. The van der Waals surface area contributed by atoms with Gasteiger partial charge in [-0.2, -0.15) is 0 Å². The summed E-state index contributed by atoms with van der Waals surface area (Å²) in [6.45, 7) is -0.137. The first-order valence-corrected chi connectivity index (χ1v) is 7.83. The van der Waals surface area contributed by atoms with E-state index in [0.717, 1.165) is 37.1 Å². The molecule has 0 aromatic heterocycles. The maximum Gasteiger partial charge on any atom is 0.310 e. The summed E-state index contributed by atoms with van der Waals surface area (Å²) in [5.74, 6) is -1.50. The zero-order chi connectivity index (χ0) is 14.8. The predicted octanol–water partition coefficient (Wildman–Crippen LogP) is 1.75. The van der Waals surface area contributed by atoms with Crippen molar-refractivity contribution < 1.29 is 22.7 Å². The zero-order valence-corrected chi connectivity index (χ0v) is 11.6. The smallest absolute Gasteiger partial charge is 0.310 e. The lowest BCUT2D eigenvalue weighted by Crippen LogP contribution is -2.41. The van der Waals surface area contributed by atoms with Gasteiger partial charge in [-0.1, -0.05) is 12.8 Å². The van der Waals surface area contributed by atoms with E-state index in [0.29, 0.717) is 12.8 Å². The highest BCUT2D eigenvalue weighted by Crippen LogP contribution is 2.38. The Balaban J connectivity index is 2.13. The fourth-order valence-electron chi connectivity index (χ4n) is 2.45. The van der Waals surface area contributed by atoms with Crippen molar-refractivity contribution in [2.75, 3.05) is 6.54 Å². The Kier molecular flexibility index (Phi) is 4.10. The van der Waals surface area contributed by atoms with Gasteiger partial charge in [-0.25, -0.2) is 17.5 Å². The van der Waals surface area contributed by atoms with E-state index in [1.165, 1.54) is 0 Å². The molecule has 1 saturated carbocycles. The molecule has 0 spiro atoms. The van der Waals surface area contributed by atoms with Crippen molar-refractivity contribution in [3.8, 4) is 0 Å². The van der Waals surface area contributed by atoms with Crippen LogP contribution in [0.3, 0.4) is 0 Å². The molecule has 2 rings (SSSR count). The van der Waals surface area contributed by atoms with Gasteiger partial charge in [-0.3, -0.25) is 4.79 Å². The number of rotatable bonds is 5. The molecule has 0 atom stereocenters. The number of halogens is 1. The second kappa shape index (κ2) is 5.49. The van der Waals surface area contributed by atoms with E-state index in [4.69, 9.17) is 0 Å². The van der Waals surface area contributed by atoms with Gasteiger partial charge in [-0.15, -0.1) is 0 Å². The van der Waals surface area contributed by atoms with Crippen LogP contribution in [-0.2, 0) is 14.8 Å². The summed E-state index contributed by atoms with van der Waals surface area (Å²) in [6.07, 6.45) is 2.50. The van der Waals surface area contributed by atoms with E-state index >= 15 is 0 Å². The molecule has 1 aliphatic carbocycles. The lowest BCUT2D eigenvalue weighted by molar-refractivity contribution is -0.148. The monoisotopic (exact) mass is 301 g/mol. The molecular weight excluding hydrogens is 285 g/mol. The maximum absolute atomic E-state index is 12.8. The second-order valence-electron chi connectivity index (χ2n) is 5.07. The molecule has 20 heavy (non-hydrogen) atoms. The molecule has 110 valence electrons. The third-order valence-corrected chi connectivity index (χ3v) is 5.16. The van der Waals surface area contributed by atoms with Crippen LogP contribution in [0.2, 0.25) is 0 Å². The minimum atomic E-state index is -3.82. The number of hydrogen-bond acceptors (Lipinski definition) is 3. The summed E-state index contributed by atoms with van der Waals surface area (Å²) in [5.41, 5.74) is -1.02. The molecule has 0 radical (unpaired) electrons. The molecule has 0 saturated heterocycles. The van der Waals surface area contributed by atoms with Crippen LogP contribution in [-0.4, -0.2) is 26.0 Å². The first-order chi connectivity index (χ1) is 9.36. The molecule has 0 amide bonds. The number of carboxylic acids is 1. The zero-order valence-electron chi connectivity index (χ0n) is 10.8. The number of carbonyl (C=O) groups is 1. The van der Waals surface area contributed by atoms with Gasteiger partial charge in [0.1, 0.15) is 5.82 Å². The Hall–Kier alpha value is -1.47. The van der Waals surface area contributed by atoms with Gasteiger partial charge in [0.2, 0.25) is 10.0 Å². The van der Waals surface area contributed by atoms with Crippen LogP contribution in [0.1, 0.15) is 25.7 Å². The van der Waals surface area contributed by atoms with E-state index in [9.17, 15) is 22.7 Å². The number of benzene rings is 1. The van der Waals surface area contributed by atoms with E-state index in [2.05, 4.69) is 4.72 Å². The van der Waals surface area contributed by atoms with Crippen molar-refractivity contribution in [1.82, 2.24) is 4.72 Å². The van der Waals surface area contributed by atoms with Crippen LogP contribution in [0.25, 0.3) is 0 Å². The summed E-state index contributed by atoms with van der Waals surface area (Å²) < 4.78 is 39.2. The minimum Gasteiger partial charge on any atom is -0.481 e. The van der Waals surface area contributed by atoms with Crippen LogP contribution in [0.4, 0.5) is 4.39 Å². The molecule has 1 fully saturated rings. The molecule has 7 heteroatoms. The average Bonchev–Trinajstić information content (AvgIpc) is 2.87. The molecule has 2 N–H and O–H groups in total. The largest absolute Gasteiger partial charge is 0.481 e. The van der Waals surface area contributed by atoms with E-state index in [-0.39, 0.29) is 11.4 Å². The first kappa shape index (κ1) is 14.9. The van der Waals surface area contributed by atoms with Gasteiger partial charge >= 0.3 is 5.97 Å². The normalized spacial score (nSPS) is 18.1. The van der Waals surface area contributed by atoms with Crippen molar-refractivity contribution in [3.05, 3.63) is 30.1 Å². The number of carboxylic acid groups (broad SMARTS) is 1. The molecule has 0 unspecified atom stereocenters. The van der Waals surface area contributed by atoms with Crippen LogP contribution in [0.5, 0.6) is 0 Å². The summed E-state index contributed by atoms with van der Waals surface area (Å²) in [5, 5.41) is 9.28. The Bertz CT molecular complexity index is 591.